The normalized spacial score (nSPS) is 13.1. The molecule has 162 valence electrons. The van der Waals surface area contributed by atoms with E-state index in [0.29, 0.717) is 24.2 Å². The van der Waals surface area contributed by atoms with Gasteiger partial charge in [-0.3, -0.25) is 19.2 Å². The van der Waals surface area contributed by atoms with Gasteiger partial charge in [0.05, 0.1) is 5.02 Å². The van der Waals surface area contributed by atoms with Gasteiger partial charge in [0.25, 0.3) is 11.8 Å². The first-order valence-electron chi connectivity index (χ1n) is 9.42. The Labute approximate surface area is 182 Å². The first-order chi connectivity index (χ1) is 14.8. The van der Waals surface area contributed by atoms with Crippen LogP contribution in [0.3, 0.4) is 0 Å². The van der Waals surface area contributed by atoms with E-state index in [2.05, 4.69) is 10.6 Å². The van der Waals surface area contributed by atoms with E-state index >= 15 is 0 Å². The van der Waals surface area contributed by atoms with Gasteiger partial charge in [-0.25, -0.2) is 4.39 Å². The van der Waals surface area contributed by atoms with Crippen LogP contribution < -0.4 is 15.5 Å². The lowest BCUT2D eigenvalue weighted by Crippen LogP contribution is -2.32. The van der Waals surface area contributed by atoms with Crippen LogP contribution in [-0.2, 0) is 19.1 Å². The first-order valence-corrected chi connectivity index (χ1v) is 9.80. The largest absolute Gasteiger partial charge is 0.454 e. The summed E-state index contributed by atoms with van der Waals surface area (Å²) in [5.74, 6) is -2.52. The Hall–Kier alpha value is -3.46. The molecule has 0 bridgehead atoms. The number of rotatable bonds is 7. The molecule has 0 radical (unpaired) electrons. The minimum absolute atomic E-state index is 0.0477. The van der Waals surface area contributed by atoms with Crippen LogP contribution in [0.25, 0.3) is 0 Å². The summed E-state index contributed by atoms with van der Waals surface area (Å²) < 4.78 is 17.9. The maximum atomic E-state index is 13.1. The highest BCUT2D eigenvalue weighted by molar-refractivity contribution is 6.31. The molecular formula is C21H19ClFN3O5. The molecule has 8 nitrogen and oxygen atoms in total. The zero-order valence-electron chi connectivity index (χ0n) is 16.3. The molecule has 1 aliphatic heterocycles. The maximum absolute atomic E-state index is 13.1. The Morgan fingerprint density at radius 1 is 1.13 bits per heavy atom. The quantitative estimate of drug-likeness (QED) is 0.634. The number of esters is 1. The number of hydrogen-bond acceptors (Lipinski definition) is 5. The Bertz CT molecular complexity index is 1010. The lowest BCUT2D eigenvalue weighted by molar-refractivity contribution is -0.146. The van der Waals surface area contributed by atoms with Crippen molar-refractivity contribution >= 4 is 46.7 Å². The fourth-order valence-electron chi connectivity index (χ4n) is 2.94. The smallest absolute Gasteiger partial charge is 0.325 e. The number of benzene rings is 2. The lowest BCUT2D eigenvalue weighted by Gasteiger charge is -2.15. The summed E-state index contributed by atoms with van der Waals surface area (Å²) in [7, 11) is 0. The number of hydrogen-bond donors (Lipinski definition) is 2. The highest BCUT2D eigenvalue weighted by atomic mass is 35.5. The molecule has 1 aliphatic rings. The molecule has 31 heavy (non-hydrogen) atoms. The first kappa shape index (κ1) is 22.2. The molecule has 0 aliphatic carbocycles. The third kappa shape index (κ3) is 6.02. The molecule has 0 saturated carbocycles. The number of nitrogens with zero attached hydrogens (tertiary/aromatic N) is 1. The molecule has 1 fully saturated rings. The van der Waals surface area contributed by atoms with Crippen LogP contribution in [0.5, 0.6) is 0 Å². The summed E-state index contributed by atoms with van der Waals surface area (Å²) in [6.07, 6.45) is 1.32. The number of nitrogens with one attached hydrogen (secondary N) is 2. The summed E-state index contributed by atoms with van der Waals surface area (Å²) in [5, 5.41) is 4.65. The molecular weight excluding hydrogens is 429 g/mol. The van der Waals surface area contributed by atoms with Crippen molar-refractivity contribution in [2.45, 2.75) is 12.8 Å². The highest BCUT2D eigenvalue weighted by Crippen LogP contribution is 2.21. The van der Waals surface area contributed by atoms with Crippen LogP contribution in [0.2, 0.25) is 5.02 Å². The second-order valence-electron chi connectivity index (χ2n) is 6.72. The van der Waals surface area contributed by atoms with Crippen molar-refractivity contribution in [3.05, 3.63) is 58.9 Å². The lowest BCUT2D eigenvalue weighted by atomic mass is 10.2. The van der Waals surface area contributed by atoms with Crippen LogP contribution in [0.1, 0.15) is 23.2 Å². The number of anilines is 2. The summed E-state index contributed by atoms with van der Waals surface area (Å²) in [6, 6.07) is 10.1. The summed E-state index contributed by atoms with van der Waals surface area (Å²) in [6.45, 7) is -0.360. The molecule has 3 amide bonds. The van der Waals surface area contributed by atoms with Gasteiger partial charge in [-0.2, -0.15) is 0 Å². The number of carbonyl (C=O) groups excluding carboxylic acids is 4. The Kier molecular flexibility index (Phi) is 7.19. The Balaban J connectivity index is 1.41. The maximum Gasteiger partial charge on any atom is 0.325 e. The second-order valence-corrected chi connectivity index (χ2v) is 7.12. The van der Waals surface area contributed by atoms with Gasteiger partial charge < -0.3 is 20.3 Å². The van der Waals surface area contributed by atoms with Crippen LogP contribution in [0.15, 0.2) is 42.5 Å². The summed E-state index contributed by atoms with van der Waals surface area (Å²) in [4.78, 5) is 49.1. The third-order valence-electron chi connectivity index (χ3n) is 4.48. The third-order valence-corrected chi connectivity index (χ3v) is 4.77. The van der Waals surface area contributed by atoms with E-state index in [4.69, 9.17) is 16.3 Å². The highest BCUT2D eigenvalue weighted by Gasteiger charge is 2.21. The summed E-state index contributed by atoms with van der Waals surface area (Å²) in [5.41, 5.74) is 1.28. The molecule has 2 N–H and O–H groups in total. The van der Waals surface area contributed by atoms with Crippen molar-refractivity contribution in [2.75, 3.05) is 29.9 Å². The van der Waals surface area contributed by atoms with E-state index < -0.39 is 36.8 Å². The molecule has 1 saturated heterocycles. The van der Waals surface area contributed by atoms with Crippen LogP contribution in [0, 0.1) is 5.82 Å². The molecule has 2 aromatic rings. The zero-order valence-corrected chi connectivity index (χ0v) is 17.1. The molecule has 10 heteroatoms. The van der Waals surface area contributed by atoms with Crippen molar-refractivity contribution in [1.82, 2.24) is 5.32 Å². The van der Waals surface area contributed by atoms with Gasteiger partial charge in [0, 0.05) is 29.9 Å². The van der Waals surface area contributed by atoms with Crippen LogP contribution in [-0.4, -0.2) is 43.4 Å². The molecule has 0 aromatic heterocycles. The number of carbonyl (C=O) groups is 4. The van der Waals surface area contributed by atoms with E-state index in [0.717, 1.165) is 12.5 Å². The molecule has 1 heterocycles. The van der Waals surface area contributed by atoms with E-state index in [1.807, 2.05) is 0 Å². The van der Waals surface area contributed by atoms with E-state index in [-0.39, 0.29) is 16.6 Å². The fourth-order valence-corrected chi connectivity index (χ4v) is 3.12. The van der Waals surface area contributed by atoms with Crippen molar-refractivity contribution < 1.29 is 28.3 Å². The molecule has 0 spiro atoms. The number of halogens is 2. The molecule has 3 rings (SSSR count). The molecule has 0 unspecified atom stereocenters. The SMILES string of the molecule is O=C(COC(=O)CNC(=O)c1ccc(N2CCCC2=O)cc1)Nc1ccc(F)c(Cl)c1. The predicted molar refractivity (Wildman–Crippen MR) is 111 cm³/mol. The number of ether oxygens (including phenoxy) is 1. The van der Waals surface area contributed by atoms with Gasteiger partial charge >= 0.3 is 5.97 Å². The van der Waals surface area contributed by atoms with Gasteiger partial charge in [0.2, 0.25) is 5.91 Å². The van der Waals surface area contributed by atoms with Crippen molar-refractivity contribution in [3.8, 4) is 0 Å². The van der Waals surface area contributed by atoms with Crippen molar-refractivity contribution in [2.24, 2.45) is 0 Å². The second kappa shape index (κ2) is 10.0. The number of amides is 3. The van der Waals surface area contributed by atoms with Gasteiger partial charge in [-0.1, -0.05) is 11.6 Å². The average Bonchev–Trinajstić information content (AvgIpc) is 3.19. The molecule has 0 atom stereocenters. The standard InChI is InChI=1S/C21H19ClFN3O5/c22-16-10-14(5-8-17(16)23)25-18(27)12-31-20(29)11-24-21(30)13-3-6-15(7-4-13)26-9-1-2-19(26)28/h3-8,10H,1-2,9,11-12H2,(H,24,30)(H,25,27). The average molecular weight is 448 g/mol. The van der Waals surface area contributed by atoms with E-state index in [1.54, 1.807) is 29.2 Å². The fraction of sp³-hybridized carbons (Fsp3) is 0.238. The van der Waals surface area contributed by atoms with Gasteiger partial charge in [0.1, 0.15) is 12.4 Å². The monoisotopic (exact) mass is 447 g/mol. The minimum atomic E-state index is -0.806. The van der Waals surface area contributed by atoms with Gasteiger partial charge in [-0.05, 0) is 48.9 Å². The Morgan fingerprint density at radius 2 is 1.87 bits per heavy atom. The van der Waals surface area contributed by atoms with Gasteiger partial charge in [-0.15, -0.1) is 0 Å². The van der Waals surface area contributed by atoms with Crippen LogP contribution in [0.4, 0.5) is 15.8 Å². The van der Waals surface area contributed by atoms with Crippen LogP contribution >= 0.6 is 11.6 Å². The topological polar surface area (TPSA) is 105 Å². The van der Waals surface area contributed by atoms with Crippen molar-refractivity contribution in [3.63, 3.8) is 0 Å². The predicted octanol–water partition coefficient (Wildman–Crippen LogP) is 2.52. The molecule has 2 aromatic carbocycles. The zero-order chi connectivity index (χ0) is 22.4. The van der Waals surface area contributed by atoms with Crippen molar-refractivity contribution in [1.29, 1.82) is 0 Å². The van der Waals surface area contributed by atoms with E-state index in [9.17, 15) is 23.6 Å². The minimum Gasteiger partial charge on any atom is -0.454 e. The van der Waals surface area contributed by atoms with E-state index in [1.165, 1.54) is 12.1 Å². The van der Waals surface area contributed by atoms with Gasteiger partial charge in [0.15, 0.2) is 6.61 Å². The Morgan fingerprint density at radius 3 is 2.52 bits per heavy atom. The summed E-state index contributed by atoms with van der Waals surface area (Å²) >= 11 is 5.63.